The van der Waals surface area contributed by atoms with Gasteiger partial charge in [-0.05, 0) is 43.9 Å². The van der Waals surface area contributed by atoms with Crippen molar-refractivity contribution in [3.63, 3.8) is 0 Å². The van der Waals surface area contributed by atoms with Crippen molar-refractivity contribution in [2.75, 3.05) is 32.6 Å². The summed E-state index contributed by atoms with van der Waals surface area (Å²) >= 11 is 0. The van der Waals surface area contributed by atoms with Crippen molar-refractivity contribution in [2.24, 2.45) is 11.8 Å². The topological polar surface area (TPSA) is 96.7 Å². The van der Waals surface area contributed by atoms with E-state index in [2.05, 4.69) is 15.5 Å². The van der Waals surface area contributed by atoms with Gasteiger partial charge in [0.15, 0.2) is 0 Å². The minimum absolute atomic E-state index is 0.0629. The van der Waals surface area contributed by atoms with E-state index >= 15 is 0 Å². The molecule has 2 N–H and O–H groups in total. The lowest BCUT2D eigenvalue weighted by molar-refractivity contribution is -0.384. The first-order chi connectivity index (χ1) is 14.5. The summed E-state index contributed by atoms with van der Waals surface area (Å²) in [5.74, 6) is 1.64. The maximum absolute atomic E-state index is 13.0. The Morgan fingerprint density at radius 1 is 1.17 bits per heavy atom. The maximum atomic E-state index is 13.0. The summed E-state index contributed by atoms with van der Waals surface area (Å²) in [4.78, 5) is 26.5. The van der Waals surface area contributed by atoms with E-state index in [1.54, 1.807) is 7.05 Å². The van der Waals surface area contributed by atoms with Crippen LogP contribution in [-0.2, 0) is 0 Å². The first-order valence-electron chi connectivity index (χ1n) is 11.1. The largest absolute Gasteiger partial charge is 0.496 e. The van der Waals surface area contributed by atoms with Crippen molar-refractivity contribution < 1.29 is 14.5 Å². The van der Waals surface area contributed by atoms with Crippen LogP contribution in [0.2, 0.25) is 0 Å². The number of hydrogen-bond acceptors (Lipinski definition) is 6. The van der Waals surface area contributed by atoms with Gasteiger partial charge in [-0.25, -0.2) is 0 Å². The Balaban J connectivity index is 1.46. The number of benzene rings is 1. The van der Waals surface area contributed by atoms with E-state index in [1.807, 2.05) is 0 Å². The van der Waals surface area contributed by atoms with Gasteiger partial charge in [-0.3, -0.25) is 19.8 Å². The highest BCUT2D eigenvalue weighted by atomic mass is 16.6. The molecule has 3 aliphatic rings. The van der Waals surface area contributed by atoms with Gasteiger partial charge in [0, 0.05) is 44.4 Å². The van der Waals surface area contributed by atoms with Crippen molar-refractivity contribution in [3.8, 4) is 5.75 Å². The van der Waals surface area contributed by atoms with E-state index in [9.17, 15) is 14.9 Å². The molecule has 8 heteroatoms. The predicted molar refractivity (Wildman–Crippen MR) is 115 cm³/mol. The zero-order chi connectivity index (χ0) is 21.3. The Labute approximate surface area is 177 Å². The van der Waals surface area contributed by atoms with Crippen LogP contribution in [0.3, 0.4) is 0 Å². The Morgan fingerprint density at radius 3 is 2.40 bits per heavy atom. The number of ether oxygens (including phenoxy) is 1. The van der Waals surface area contributed by atoms with Gasteiger partial charge in [0.05, 0.1) is 17.6 Å². The monoisotopic (exact) mass is 416 g/mol. The van der Waals surface area contributed by atoms with Gasteiger partial charge in [-0.15, -0.1) is 0 Å². The van der Waals surface area contributed by atoms with E-state index in [1.165, 1.54) is 57.8 Å². The summed E-state index contributed by atoms with van der Waals surface area (Å²) in [5, 5.41) is 17.3. The summed E-state index contributed by atoms with van der Waals surface area (Å²) < 4.78 is 5.34. The number of amides is 1. The molecule has 1 atom stereocenters. The second-order valence-electron chi connectivity index (χ2n) is 8.90. The number of anilines is 1. The SMILES string of the molecule is CNc1cc(OC)c(C(=O)NC2CCN(C3C4CCCC3CCC4)C2)cc1[N+](=O)[O-]. The van der Waals surface area contributed by atoms with E-state index in [0.717, 1.165) is 31.3 Å². The highest BCUT2D eigenvalue weighted by Crippen LogP contribution is 2.43. The number of nitro benzene ring substituents is 1. The zero-order valence-electron chi connectivity index (χ0n) is 17.9. The molecule has 4 rings (SSSR count). The summed E-state index contributed by atoms with van der Waals surface area (Å²) in [6.45, 7) is 1.88. The van der Waals surface area contributed by atoms with Crippen LogP contribution in [-0.4, -0.2) is 55.1 Å². The minimum Gasteiger partial charge on any atom is -0.496 e. The second kappa shape index (κ2) is 8.79. The number of rotatable bonds is 6. The van der Waals surface area contributed by atoms with Crippen LogP contribution in [0.25, 0.3) is 0 Å². The molecule has 1 unspecified atom stereocenters. The molecule has 2 bridgehead atoms. The van der Waals surface area contributed by atoms with Crippen LogP contribution in [0, 0.1) is 22.0 Å². The molecule has 0 radical (unpaired) electrons. The highest BCUT2D eigenvalue weighted by Gasteiger charge is 2.42. The lowest BCUT2D eigenvalue weighted by Crippen LogP contribution is -2.50. The maximum Gasteiger partial charge on any atom is 0.293 e. The standard InChI is InChI=1S/C22H32N4O4/c1-23-18-12-20(30-2)17(11-19(18)26(28)29)22(27)24-16-9-10-25(13-16)21-14-5-3-6-15(21)8-4-7-14/h11-12,14-16,21,23H,3-10,13H2,1-2H3,(H,24,27). The van der Waals surface area contributed by atoms with Crippen molar-refractivity contribution in [2.45, 2.75) is 57.0 Å². The third-order valence-electron chi connectivity index (χ3n) is 7.27. The Bertz CT molecular complexity index is 793. The smallest absolute Gasteiger partial charge is 0.293 e. The Hall–Kier alpha value is -2.35. The van der Waals surface area contributed by atoms with E-state index in [4.69, 9.17) is 4.74 Å². The normalized spacial score (nSPS) is 28.7. The summed E-state index contributed by atoms with van der Waals surface area (Å²) in [5.41, 5.74) is 0.395. The highest BCUT2D eigenvalue weighted by molar-refractivity contribution is 5.99. The fraction of sp³-hybridized carbons (Fsp3) is 0.682. The summed E-state index contributed by atoms with van der Waals surface area (Å²) in [6, 6.07) is 3.54. The molecule has 2 saturated carbocycles. The molecular formula is C22H32N4O4. The number of nitrogens with one attached hydrogen (secondary N) is 2. The van der Waals surface area contributed by atoms with Gasteiger partial charge in [-0.2, -0.15) is 0 Å². The molecule has 8 nitrogen and oxygen atoms in total. The fourth-order valence-electron chi connectivity index (χ4n) is 5.94. The number of nitrogens with zero attached hydrogens (tertiary/aromatic N) is 2. The molecule has 164 valence electrons. The first-order valence-corrected chi connectivity index (χ1v) is 11.1. The molecule has 1 heterocycles. The van der Waals surface area contributed by atoms with E-state index in [-0.39, 0.29) is 23.2 Å². The first kappa shape index (κ1) is 20.9. The number of fused-ring (bicyclic) bond motifs is 2. The van der Waals surface area contributed by atoms with Gasteiger partial charge < -0.3 is 15.4 Å². The molecule has 0 spiro atoms. The van der Waals surface area contributed by atoms with Crippen LogP contribution in [0.5, 0.6) is 5.75 Å². The summed E-state index contributed by atoms with van der Waals surface area (Å²) in [7, 11) is 3.08. The van der Waals surface area contributed by atoms with E-state index in [0.29, 0.717) is 17.5 Å². The van der Waals surface area contributed by atoms with Crippen molar-refractivity contribution in [3.05, 3.63) is 27.8 Å². The number of methoxy groups -OCH3 is 1. The Morgan fingerprint density at radius 2 is 1.83 bits per heavy atom. The number of hydrogen-bond donors (Lipinski definition) is 2. The molecule has 0 aromatic heterocycles. The lowest BCUT2D eigenvalue weighted by Gasteiger charge is -2.47. The molecule has 3 fully saturated rings. The molecule has 1 amide bonds. The number of carbonyl (C=O) groups is 1. The average molecular weight is 417 g/mol. The van der Waals surface area contributed by atoms with Crippen LogP contribution >= 0.6 is 0 Å². The quantitative estimate of drug-likeness (QED) is 0.545. The predicted octanol–water partition coefficient (Wildman–Crippen LogP) is 3.42. The molecule has 1 aromatic rings. The van der Waals surface area contributed by atoms with Crippen LogP contribution in [0.15, 0.2) is 12.1 Å². The van der Waals surface area contributed by atoms with Gasteiger partial charge in [0.2, 0.25) is 0 Å². The Kier molecular flexibility index (Phi) is 6.13. The molecule has 1 aliphatic heterocycles. The van der Waals surface area contributed by atoms with Crippen LogP contribution in [0.4, 0.5) is 11.4 Å². The number of likely N-dealkylation sites (tertiary alicyclic amines) is 1. The second-order valence-corrected chi connectivity index (χ2v) is 8.90. The molecule has 1 saturated heterocycles. The molecule has 2 aliphatic carbocycles. The molecular weight excluding hydrogens is 384 g/mol. The van der Waals surface area contributed by atoms with Gasteiger partial charge in [-0.1, -0.05) is 12.8 Å². The van der Waals surface area contributed by atoms with Gasteiger partial charge in [0.25, 0.3) is 11.6 Å². The third kappa shape index (κ3) is 3.97. The summed E-state index contributed by atoms with van der Waals surface area (Å²) in [6.07, 6.45) is 9.00. The zero-order valence-corrected chi connectivity index (χ0v) is 17.9. The van der Waals surface area contributed by atoms with Crippen LogP contribution in [0.1, 0.15) is 55.3 Å². The van der Waals surface area contributed by atoms with Crippen LogP contribution < -0.4 is 15.4 Å². The van der Waals surface area contributed by atoms with E-state index < -0.39 is 4.92 Å². The average Bonchev–Trinajstić information content (AvgIpc) is 3.20. The van der Waals surface area contributed by atoms with Crippen molar-refractivity contribution in [1.82, 2.24) is 10.2 Å². The third-order valence-corrected chi connectivity index (χ3v) is 7.27. The molecule has 30 heavy (non-hydrogen) atoms. The number of nitro groups is 1. The number of carbonyl (C=O) groups excluding carboxylic acids is 1. The molecule has 1 aromatic carbocycles. The fourth-order valence-corrected chi connectivity index (χ4v) is 5.94. The van der Waals surface area contributed by atoms with Crippen molar-refractivity contribution >= 4 is 17.3 Å². The van der Waals surface area contributed by atoms with Gasteiger partial charge in [0.1, 0.15) is 11.4 Å². The van der Waals surface area contributed by atoms with Crippen molar-refractivity contribution in [1.29, 1.82) is 0 Å². The van der Waals surface area contributed by atoms with Gasteiger partial charge >= 0.3 is 0 Å². The lowest BCUT2D eigenvalue weighted by atomic mass is 9.68. The minimum atomic E-state index is -0.485.